The second kappa shape index (κ2) is 9.04. The lowest BCUT2D eigenvalue weighted by atomic mass is 10.2. The lowest BCUT2D eigenvalue weighted by Crippen LogP contribution is -2.21. The average molecular weight is 480 g/mol. The Balaban J connectivity index is 1.52. The number of amides is 1. The number of aromatic nitrogens is 5. The van der Waals surface area contributed by atoms with Crippen LogP contribution in [0.4, 0.5) is 22.7 Å². The van der Waals surface area contributed by atoms with Crippen molar-refractivity contribution in [3.05, 3.63) is 77.4 Å². The topological polar surface area (TPSA) is 85.6 Å². The van der Waals surface area contributed by atoms with Crippen molar-refractivity contribution in [2.75, 3.05) is 5.32 Å². The molecule has 0 saturated heterocycles. The summed E-state index contributed by atoms with van der Waals surface area (Å²) in [6, 6.07) is 13.7. The third-order valence-corrected chi connectivity index (χ3v) is 6.10. The predicted molar refractivity (Wildman–Crippen MR) is 110 cm³/mol. The second-order valence-electron chi connectivity index (χ2n) is 6.27. The van der Waals surface area contributed by atoms with E-state index in [0.29, 0.717) is 14.8 Å². The molecule has 0 atom stereocenters. The molecule has 2 aromatic heterocycles. The van der Waals surface area contributed by atoms with Crippen LogP contribution in [0.3, 0.4) is 0 Å². The molecule has 4 aromatic rings. The van der Waals surface area contributed by atoms with Crippen LogP contribution in [0.25, 0.3) is 5.69 Å². The van der Waals surface area contributed by atoms with E-state index in [1.54, 1.807) is 0 Å². The summed E-state index contributed by atoms with van der Waals surface area (Å²) in [5, 5.41) is 16.9. The van der Waals surface area contributed by atoms with Crippen LogP contribution in [0.1, 0.15) is 21.7 Å². The first-order chi connectivity index (χ1) is 15.3. The number of thioether (sulfide) groups is 1. The Labute approximate surface area is 186 Å². The Morgan fingerprint density at radius 1 is 1.03 bits per heavy atom. The van der Waals surface area contributed by atoms with E-state index in [1.165, 1.54) is 11.8 Å². The molecule has 164 valence electrons. The predicted octanol–water partition coefficient (Wildman–Crippen LogP) is 4.82. The summed E-state index contributed by atoms with van der Waals surface area (Å²) in [6.45, 7) is 0. The fourth-order valence-corrected chi connectivity index (χ4v) is 4.35. The van der Waals surface area contributed by atoms with Crippen LogP contribution < -0.4 is 5.32 Å². The van der Waals surface area contributed by atoms with Gasteiger partial charge in [0.15, 0.2) is 15.7 Å². The number of halogens is 4. The number of anilines is 1. The zero-order chi connectivity index (χ0) is 22.7. The van der Waals surface area contributed by atoms with Crippen LogP contribution >= 0.6 is 23.1 Å². The molecule has 0 aliphatic carbocycles. The number of hydrogen-bond donors (Lipinski definition) is 1. The van der Waals surface area contributed by atoms with Gasteiger partial charge in [0, 0.05) is 5.75 Å². The van der Waals surface area contributed by atoms with Crippen molar-refractivity contribution in [3.8, 4) is 5.69 Å². The number of carbonyl (C=O) groups excluding carboxylic acids is 1. The summed E-state index contributed by atoms with van der Waals surface area (Å²) in [4.78, 5) is 12.5. The number of rotatable bonds is 6. The maximum Gasteiger partial charge on any atom is 0.435 e. The molecule has 0 fully saturated rings. The highest BCUT2D eigenvalue weighted by Crippen LogP contribution is 2.34. The molecule has 0 bridgehead atoms. The normalized spacial score (nSPS) is 11.5. The number of nitrogens with one attached hydrogen (secondary N) is 1. The first-order valence-corrected chi connectivity index (χ1v) is 10.7. The average Bonchev–Trinajstić information content (AvgIpc) is 3.41. The van der Waals surface area contributed by atoms with Crippen molar-refractivity contribution in [3.63, 3.8) is 0 Å². The first-order valence-electron chi connectivity index (χ1n) is 8.91. The van der Waals surface area contributed by atoms with Gasteiger partial charge in [0.2, 0.25) is 5.13 Å². The fraction of sp³-hybridized carbons (Fsp3) is 0.105. The molecule has 0 radical (unpaired) electrons. The summed E-state index contributed by atoms with van der Waals surface area (Å²) >= 11 is 2.40. The molecule has 13 heteroatoms. The molecule has 32 heavy (non-hydrogen) atoms. The molecular formula is C19H12F4N6OS2. The highest BCUT2D eigenvalue weighted by atomic mass is 32.2. The minimum atomic E-state index is -4.94. The molecular weight excluding hydrogens is 468 g/mol. The largest absolute Gasteiger partial charge is 0.435 e. The van der Waals surface area contributed by atoms with Crippen LogP contribution in [0.5, 0.6) is 0 Å². The number of hydrogen-bond acceptors (Lipinski definition) is 7. The molecule has 0 saturated carbocycles. The number of alkyl halides is 3. The highest BCUT2D eigenvalue weighted by Gasteiger charge is 2.42. The number of nitrogens with zero attached hydrogens (tertiary/aromatic N) is 5. The minimum absolute atomic E-state index is 0.0232. The Morgan fingerprint density at radius 3 is 2.44 bits per heavy atom. The molecule has 0 spiro atoms. The van der Waals surface area contributed by atoms with Gasteiger partial charge in [-0.1, -0.05) is 58.6 Å². The second-order valence-corrected chi connectivity index (χ2v) is 8.47. The molecule has 1 amide bonds. The van der Waals surface area contributed by atoms with Crippen molar-refractivity contribution in [1.82, 2.24) is 25.2 Å². The SMILES string of the molecule is O=C(Nc1nnc(SCc2ccccc2)s1)c1nnn(-c2ccc(F)cc2)c1C(F)(F)F. The maximum absolute atomic E-state index is 13.7. The Morgan fingerprint density at radius 2 is 1.75 bits per heavy atom. The third-order valence-electron chi connectivity index (χ3n) is 4.06. The summed E-state index contributed by atoms with van der Waals surface area (Å²) in [7, 11) is 0. The summed E-state index contributed by atoms with van der Waals surface area (Å²) < 4.78 is 55.2. The van der Waals surface area contributed by atoms with Gasteiger partial charge < -0.3 is 0 Å². The van der Waals surface area contributed by atoms with E-state index in [9.17, 15) is 22.4 Å². The van der Waals surface area contributed by atoms with Crippen LogP contribution in [-0.2, 0) is 11.9 Å². The maximum atomic E-state index is 13.7. The van der Waals surface area contributed by atoms with Gasteiger partial charge in [-0.3, -0.25) is 10.1 Å². The summed E-state index contributed by atoms with van der Waals surface area (Å²) in [5.41, 5.74) is -1.35. The molecule has 7 nitrogen and oxygen atoms in total. The summed E-state index contributed by atoms with van der Waals surface area (Å²) in [6.07, 6.45) is -4.94. The molecule has 2 aromatic carbocycles. The van der Waals surface area contributed by atoms with E-state index in [0.717, 1.165) is 41.2 Å². The Bertz CT molecular complexity index is 1220. The van der Waals surface area contributed by atoms with Crippen molar-refractivity contribution in [1.29, 1.82) is 0 Å². The molecule has 0 aliphatic rings. The minimum Gasteiger partial charge on any atom is -0.295 e. The zero-order valence-electron chi connectivity index (χ0n) is 15.9. The van der Waals surface area contributed by atoms with Crippen molar-refractivity contribution >= 4 is 34.1 Å². The highest BCUT2D eigenvalue weighted by molar-refractivity contribution is 8.00. The first kappa shape index (κ1) is 21.9. The van der Waals surface area contributed by atoms with E-state index < -0.39 is 29.3 Å². The number of benzene rings is 2. The van der Waals surface area contributed by atoms with E-state index in [-0.39, 0.29) is 10.8 Å². The smallest absolute Gasteiger partial charge is 0.295 e. The van der Waals surface area contributed by atoms with E-state index in [4.69, 9.17) is 0 Å². The van der Waals surface area contributed by atoms with Crippen molar-refractivity contribution in [2.45, 2.75) is 16.3 Å². The molecule has 4 rings (SSSR count). The lowest BCUT2D eigenvalue weighted by Gasteiger charge is -2.10. The van der Waals surface area contributed by atoms with Gasteiger partial charge in [-0.15, -0.1) is 15.3 Å². The van der Waals surface area contributed by atoms with Gasteiger partial charge in [0.1, 0.15) is 5.82 Å². The molecule has 0 unspecified atom stereocenters. The van der Waals surface area contributed by atoms with Gasteiger partial charge >= 0.3 is 6.18 Å². The third kappa shape index (κ3) is 4.94. The van der Waals surface area contributed by atoms with E-state index in [2.05, 4.69) is 25.8 Å². The molecule has 0 aliphatic heterocycles. The molecule has 2 heterocycles. The van der Waals surface area contributed by atoms with Crippen LogP contribution in [0.15, 0.2) is 58.9 Å². The van der Waals surface area contributed by atoms with Gasteiger partial charge in [0.05, 0.1) is 5.69 Å². The summed E-state index contributed by atoms with van der Waals surface area (Å²) in [5.74, 6) is -1.15. The van der Waals surface area contributed by atoms with Crippen LogP contribution in [0.2, 0.25) is 0 Å². The Kier molecular flexibility index (Phi) is 6.19. The van der Waals surface area contributed by atoms with Gasteiger partial charge in [-0.25, -0.2) is 9.07 Å². The molecule has 1 N–H and O–H groups in total. The van der Waals surface area contributed by atoms with Crippen LogP contribution in [0, 0.1) is 5.82 Å². The van der Waals surface area contributed by atoms with Crippen molar-refractivity contribution in [2.24, 2.45) is 0 Å². The monoisotopic (exact) mass is 480 g/mol. The fourth-order valence-electron chi connectivity index (χ4n) is 2.65. The van der Waals surface area contributed by atoms with Crippen LogP contribution in [-0.4, -0.2) is 31.1 Å². The van der Waals surface area contributed by atoms with Gasteiger partial charge in [0.25, 0.3) is 5.91 Å². The van der Waals surface area contributed by atoms with Gasteiger partial charge in [-0.2, -0.15) is 13.2 Å². The lowest BCUT2D eigenvalue weighted by molar-refractivity contribution is -0.143. The number of carbonyl (C=O) groups is 1. The van der Waals surface area contributed by atoms with Crippen molar-refractivity contribution < 1.29 is 22.4 Å². The zero-order valence-corrected chi connectivity index (χ0v) is 17.5. The Hall–Kier alpha value is -3.32. The van der Waals surface area contributed by atoms with E-state index in [1.807, 2.05) is 30.3 Å². The van der Waals surface area contributed by atoms with E-state index >= 15 is 0 Å². The quantitative estimate of drug-likeness (QED) is 0.242. The van der Waals surface area contributed by atoms with Gasteiger partial charge in [-0.05, 0) is 29.8 Å². The standard InChI is InChI=1S/C19H12F4N6OS2/c20-12-6-8-13(9-7-12)29-15(19(21,22)23)14(25-28-29)16(30)24-17-26-27-18(32-17)31-10-11-4-2-1-3-5-11/h1-9H,10H2,(H,24,26,30).